The molecule has 2 N–H and O–H groups in total. The summed E-state index contributed by atoms with van der Waals surface area (Å²) in [5.74, 6) is -3.59. The molecule has 28 heavy (non-hydrogen) atoms. The van der Waals surface area contributed by atoms with Crippen LogP contribution in [0.3, 0.4) is 0 Å². The summed E-state index contributed by atoms with van der Waals surface area (Å²) >= 11 is 1.23. The fourth-order valence-corrected chi connectivity index (χ4v) is 3.98. The van der Waals surface area contributed by atoms with Gasteiger partial charge in [0, 0.05) is 23.6 Å². The first-order valence-corrected chi connectivity index (χ1v) is 9.43. The van der Waals surface area contributed by atoms with Gasteiger partial charge in [-0.05, 0) is 18.1 Å². The van der Waals surface area contributed by atoms with Crippen molar-refractivity contribution in [2.45, 2.75) is 17.7 Å². The van der Waals surface area contributed by atoms with Crippen LogP contribution in [0.5, 0.6) is 5.75 Å². The average Bonchev–Trinajstić information content (AvgIpc) is 2.64. The summed E-state index contributed by atoms with van der Waals surface area (Å²) in [6.45, 7) is 0. The van der Waals surface area contributed by atoms with Crippen LogP contribution in [0.1, 0.15) is 5.56 Å². The number of ether oxygens (including phenoxy) is 1. The van der Waals surface area contributed by atoms with Gasteiger partial charge in [0.25, 0.3) is 0 Å². The van der Waals surface area contributed by atoms with Crippen LogP contribution in [-0.4, -0.2) is 36.0 Å². The molecule has 0 spiro atoms. The maximum Gasteiger partial charge on any atom is 0.247 e. The fourth-order valence-electron chi connectivity index (χ4n) is 2.81. The minimum Gasteiger partial charge on any atom is -0.491 e. The van der Waals surface area contributed by atoms with Crippen LogP contribution in [0.4, 0.5) is 18.9 Å². The van der Waals surface area contributed by atoms with Crippen molar-refractivity contribution in [2.24, 2.45) is 0 Å². The molecule has 0 unspecified atom stereocenters. The number of halogens is 3. The average molecular weight is 410 g/mol. The molecule has 2 aromatic carbocycles. The highest BCUT2D eigenvalue weighted by atomic mass is 32.2. The van der Waals surface area contributed by atoms with Crippen molar-refractivity contribution in [3.8, 4) is 5.75 Å². The summed E-state index contributed by atoms with van der Waals surface area (Å²) in [5, 5.41) is 4.42. The van der Waals surface area contributed by atoms with E-state index in [1.807, 2.05) is 0 Å². The lowest BCUT2D eigenvalue weighted by Crippen LogP contribution is -2.52. The number of anilines is 1. The number of methoxy groups -OCH3 is 1. The quantitative estimate of drug-likeness (QED) is 0.796. The molecule has 1 aliphatic heterocycles. The van der Waals surface area contributed by atoms with Crippen molar-refractivity contribution in [2.75, 3.05) is 18.2 Å². The van der Waals surface area contributed by atoms with Crippen LogP contribution < -0.4 is 15.4 Å². The van der Waals surface area contributed by atoms with Gasteiger partial charge in [0.2, 0.25) is 11.8 Å². The predicted molar refractivity (Wildman–Crippen MR) is 99.8 cm³/mol. The van der Waals surface area contributed by atoms with E-state index in [-0.39, 0.29) is 23.7 Å². The van der Waals surface area contributed by atoms with Gasteiger partial charge in [0.15, 0.2) is 17.4 Å². The second kappa shape index (κ2) is 8.55. The summed E-state index contributed by atoms with van der Waals surface area (Å²) in [6.07, 6.45) is 0.201. The van der Waals surface area contributed by atoms with Gasteiger partial charge in [-0.3, -0.25) is 9.59 Å². The number of hydrogen-bond acceptors (Lipinski definition) is 4. The van der Waals surface area contributed by atoms with E-state index in [0.29, 0.717) is 5.56 Å². The van der Waals surface area contributed by atoms with Gasteiger partial charge < -0.3 is 15.4 Å². The van der Waals surface area contributed by atoms with E-state index in [1.165, 1.54) is 17.8 Å². The number of benzene rings is 2. The molecule has 0 aromatic heterocycles. The molecule has 5 nitrogen and oxygen atoms in total. The summed E-state index contributed by atoms with van der Waals surface area (Å²) in [7, 11) is 1.13. The first-order chi connectivity index (χ1) is 13.4. The highest BCUT2D eigenvalue weighted by Crippen LogP contribution is 2.27. The Labute approximate surface area is 163 Å². The number of carbonyl (C=O) groups excluding carboxylic acids is 2. The molecule has 1 heterocycles. The van der Waals surface area contributed by atoms with E-state index < -0.39 is 40.5 Å². The van der Waals surface area contributed by atoms with Crippen LogP contribution >= 0.6 is 11.8 Å². The zero-order chi connectivity index (χ0) is 20.3. The third-order valence-corrected chi connectivity index (χ3v) is 5.53. The lowest BCUT2D eigenvalue weighted by Gasteiger charge is -2.28. The summed E-state index contributed by atoms with van der Waals surface area (Å²) < 4.78 is 45.8. The van der Waals surface area contributed by atoms with Crippen molar-refractivity contribution in [1.29, 1.82) is 0 Å². The Bertz CT molecular complexity index is 887. The van der Waals surface area contributed by atoms with E-state index in [2.05, 4.69) is 15.4 Å². The van der Waals surface area contributed by atoms with Crippen LogP contribution in [0, 0.1) is 17.5 Å². The largest absolute Gasteiger partial charge is 0.491 e. The fraction of sp³-hybridized carbons (Fsp3) is 0.263. The number of thioether (sulfide) groups is 1. The van der Waals surface area contributed by atoms with Crippen molar-refractivity contribution < 1.29 is 27.5 Å². The monoisotopic (exact) mass is 410 g/mol. The van der Waals surface area contributed by atoms with Gasteiger partial charge in [-0.25, -0.2) is 13.2 Å². The molecule has 1 saturated heterocycles. The molecule has 148 valence electrons. The Balaban J connectivity index is 1.61. The molecule has 2 aromatic rings. The summed E-state index contributed by atoms with van der Waals surface area (Å²) in [4.78, 5) is 24.6. The molecule has 9 heteroatoms. The summed E-state index contributed by atoms with van der Waals surface area (Å²) in [5.41, 5.74) is 0.329. The Morgan fingerprint density at radius 3 is 2.50 bits per heavy atom. The molecule has 0 bridgehead atoms. The van der Waals surface area contributed by atoms with E-state index in [1.54, 1.807) is 18.2 Å². The zero-order valence-electron chi connectivity index (χ0n) is 14.8. The molecule has 0 aliphatic carbocycles. The molecule has 3 rings (SSSR count). The highest BCUT2D eigenvalue weighted by molar-refractivity contribution is 8.00. The minimum atomic E-state index is -0.954. The van der Waals surface area contributed by atoms with Gasteiger partial charge in [-0.2, -0.15) is 0 Å². The lowest BCUT2D eigenvalue weighted by molar-refractivity contribution is -0.126. The first kappa shape index (κ1) is 20.1. The maximum atomic E-state index is 13.8. The number of nitrogens with one attached hydrogen (secondary N) is 2. The van der Waals surface area contributed by atoms with Gasteiger partial charge in [-0.1, -0.05) is 18.2 Å². The zero-order valence-corrected chi connectivity index (χ0v) is 15.6. The smallest absolute Gasteiger partial charge is 0.247 e. The summed E-state index contributed by atoms with van der Waals surface area (Å²) in [6, 6.07) is 7.17. The Kier molecular flexibility index (Phi) is 6.13. The standard InChI is InChI=1S/C19H17F3N2O3S/c1-27-17-13(21)7-11(8-14(17)22)23-18(25)15-9-28-16(19(26)24-15)6-10-4-2-3-5-12(10)20/h2-5,7-8,15-16H,6,9H2,1H3,(H,23,25)(H,24,26)/t15-,16+/m1/s1. The second-order valence-corrected chi connectivity index (χ2v) is 7.38. The number of amides is 2. The third-order valence-electron chi connectivity index (χ3n) is 4.22. The van der Waals surface area contributed by atoms with Crippen molar-refractivity contribution in [3.63, 3.8) is 0 Å². The van der Waals surface area contributed by atoms with Gasteiger partial charge in [0.1, 0.15) is 11.9 Å². The Morgan fingerprint density at radius 2 is 1.89 bits per heavy atom. The van der Waals surface area contributed by atoms with Gasteiger partial charge in [0.05, 0.1) is 12.4 Å². The first-order valence-electron chi connectivity index (χ1n) is 8.38. The molecule has 0 saturated carbocycles. The topological polar surface area (TPSA) is 67.4 Å². The highest BCUT2D eigenvalue weighted by Gasteiger charge is 2.33. The molecule has 2 atom stereocenters. The van der Waals surface area contributed by atoms with Gasteiger partial charge >= 0.3 is 0 Å². The maximum absolute atomic E-state index is 13.8. The van der Waals surface area contributed by atoms with E-state index in [4.69, 9.17) is 0 Å². The number of rotatable bonds is 5. The van der Waals surface area contributed by atoms with Crippen LogP contribution in [0.25, 0.3) is 0 Å². The third kappa shape index (κ3) is 4.41. The van der Waals surface area contributed by atoms with Crippen molar-refractivity contribution in [3.05, 3.63) is 59.4 Å². The number of carbonyl (C=O) groups is 2. The lowest BCUT2D eigenvalue weighted by atomic mass is 10.1. The van der Waals surface area contributed by atoms with Crippen molar-refractivity contribution in [1.82, 2.24) is 5.32 Å². The van der Waals surface area contributed by atoms with E-state index >= 15 is 0 Å². The van der Waals surface area contributed by atoms with E-state index in [0.717, 1.165) is 19.2 Å². The number of hydrogen-bond donors (Lipinski definition) is 2. The molecule has 1 aliphatic rings. The normalized spacial score (nSPS) is 19.1. The van der Waals surface area contributed by atoms with Gasteiger partial charge in [-0.15, -0.1) is 11.8 Å². The minimum absolute atomic E-state index is 0.0893. The van der Waals surface area contributed by atoms with Crippen LogP contribution in [-0.2, 0) is 16.0 Å². The van der Waals surface area contributed by atoms with Crippen LogP contribution in [0.2, 0.25) is 0 Å². The predicted octanol–water partition coefficient (Wildman–Crippen LogP) is 2.89. The van der Waals surface area contributed by atoms with Crippen molar-refractivity contribution >= 4 is 29.3 Å². The molecule has 1 fully saturated rings. The van der Waals surface area contributed by atoms with E-state index in [9.17, 15) is 22.8 Å². The molecule has 0 radical (unpaired) electrons. The molecular weight excluding hydrogens is 393 g/mol. The SMILES string of the molecule is COc1c(F)cc(NC(=O)[C@H]2CS[C@@H](Cc3ccccc3F)C(=O)N2)cc1F. The Hall–Kier alpha value is -2.68. The Morgan fingerprint density at radius 1 is 1.21 bits per heavy atom. The van der Waals surface area contributed by atoms with Crippen LogP contribution in [0.15, 0.2) is 36.4 Å². The molecule has 2 amide bonds. The second-order valence-electron chi connectivity index (χ2n) is 6.14. The molecular formula is C19H17F3N2O3S.